The molecule has 11 heteroatoms. The third-order valence-corrected chi connectivity index (χ3v) is 9.72. The van der Waals surface area contributed by atoms with E-state index in [1.165, 1.54) is 17.0 Å². The summed E-state index contributed by atoms with van der Waals surface area (Å²) in [6, 6.07) is 19.4. The highest BCUT2D eigenvalue weighted by molar-refractivity contribution is 7.90. The molecule has 222 valence electrons. The van der Waals surface area contributed by atoms with Crippen LogP contribution < -0.4 is 5.32 Å². The first kappa shape index (κ1) is 31.5. The van der Waals surface area contributed by atoms with Gasteiger partial charge in [0.25, 0.3) is 15.9 Å². The lowest BCUT2D eigenvalue weighted by Gasteiger charge is -2.33. The monoisotopic (exact) mass is 629 g/mol. The maximum absolute atomic E-state index is 13.9. The Morgan fingerprint density at radius 1 is 1.00 bits per heavy atom. The number of rotatable bonds is 12. The number of carbonyl (C=O) groups is 3. The van der Waals surface area contributed by atoms with Crippen molar-refractivity contribution in [2.75, 3.05) is 6.54 Å². The zero-order valence-electron chi connectivity index (χ0n) is 23.4. The van der Waals surface area contributed by atoms with E-state index in [2.05, 4.69) is 5.32 Å². The standard InChI is InChI=1S/C31H33Cl2N3O5S/c1-3-21(2)34-30(38)27(18-22-10-5-4-6-11-22)35(20-23-15-16-24(32)19-26(23)33)29(37)14-9-17-36-31(39)25-12-7-8-13-28(25)42(36,40)41/h4-8,10-13,15-16,19,21,27H,3,9,14,17-18,20H2,1-2H3,(H,34,38)/t21-,27-/m1/s1. The number of sulfonamides is 1. The number of hydrogen-bond acceptors (Lipinski definition) is 5. The summed E-state index contributed by atoms with van der Waals surface area (Å²) >= 11 is 12.6. The van der Waals surface area contributed by atoms with Crippen LogP contribution in [0.15, 0.2) is 77.7 Å². The molecule has 3 aromatic rings. The summed E-state index contributed by atoms with van der Waals surface area (Å²) in [7, 11) is -3.99. The van der Waals surface area contributed by atoms with Gasteiger partial charge < -0.3 is 10.2 Å². The van der Waals surface area contributed by atoms with Crippen molar-refractivity contribution in [3.8, 4) is 0 Å². The molecular weight excluding hydrogens is 597 g/mol. The van der Waals surface area contributed by atoms with Crippen LogP contribution in [0, 0.1) is 0 Å². The van der Waals surface area contributed by atoms with Crippen LogP contribution in [0.1, 0.15) is 54.6 Å². The van der Waals surface area contributed by atoms with E-state index in [9.17, 15) is 22.8 Å². The van der Waals surface area contributed by atoms with Gasteiger partial charge in [0.05, 0.1) is 5.56 Å². The topological polar surface area (TPSA) is 104 Å². The Kier molecular flexibility index (Phi) is 10.3. The van der Waals surface area contributed by atoms with E-state index in [-0.39, 0.29) is 60.7 Å². The highest BCUT2D eigenvalue weighted by atomic mass is 35.5. The average molecular weight is 631 g/mol. The smallest absolute Gasteiger partial charge is 0.269 e. The number of hydrogen-bond donors (Lipinski definition) is 1. The first-order valence-electron chi connectivity index (χ1n) is 13.8. The van der Waals surface area contributed by atoms with Gasteiger partial charge in [-0.2, -0.15) is 0 Å². The van der Waals surface area contributed by atoms with Crippen LogP contribution in [0.25, 0.3) is 0 Å². The van der Waals surface area contributed by atoms with Crippen molar-refractivity contribution < 1.29 is 22.8 Å². The van der Waals surface area contributed by atoms with Crippen molar-refractivity contribution in [2.24, 2.45) is 0 Å². The molecule has 0 aliphatic carbocycles. The van der Waals surface area contributed by atoms with Crippen LogP contribution in [0.2, 0.25) is 10.0 Å². The van der Waals surface area contributed by atoms with Crippen LogP contribution in [-0.4, -0.2) is 54.0 Å². The predicted molar refractivity (Wildman–Crippen MR) is 163 cm³/mol. The number of amides is 3. The molecule has 42 heavy (non-hydrogen) atoms. The molecule has 0 aromatic heterocycles. The lowest BCUT2D eigenvalue weighted by atomic mass is 10.0. The summed E-state index contributed by atoms with van der Waals surface area (Å²) < 4.78 is 26.8. The molecule has 4 rings (SSSR count). The van der Waals surface area contributed by atoms with Gasteiger partial charge in [-0.05, 0) is 55.2 Å². The molecule has 0 unspecified atom stereocenters. The van der Waals surface area contributed by atoms with E-state index < -0.39 is 22.0 Å². The third kappa shape index (κ3) is 7.14. The first-order chi connectivity index (χ1) is 20.0. The molecular formula is C31H33Cl2N3O5S. The van der Waals surface area contributed by atoms with Crippen molar-refractivity contribution in [3.63, 3.8) is 0 Å². The average Bonchev–Trinajstić information content (AvgIpc) is 3.16. The Balaban J connectivity index is 1.60. The van der Waals surface area contributed by atoms with Crippen molar-refractivity contribution in [3.05, 3.63) is 99.5 Å². The number of fused-ring (bicyclic) bond motifs is 1. The van der Waals surface area contributed by atoms with Gasteiger partial charge in [0, 0.05) is 42.0 Å². The van der Waals surface area contributed by atoms with Gasteiger partial charge in [-0.1, -0.05) is 78.7 Å². The Hall–Kier alpha value is -3.40. The minimum absolute atomic E-state index is 0.0344. The number of nitrogens with zero attached hydrogens (tertiary/aromatic N) is 2. The van der Waals surface area contributed by atoms with Gasteiger partial charge in [0.2, 0.25) is 11.8 Å². The van der Waals surface area contributed by atoms with E-state index >= 15 is 0 Å². The van der Waals surface area contributed by atoms with Gasteiger partial charge in [-0.25, -0.2) is 12.7 Å². The first-order valence-corrected chi connectivity index (χ1v) is 16.0. The van der Waals surface area contributed by atoms with Crippen molar-refractivity contribution in [1.29, 1.82) is 0 Å². The lowest BCUT2D eigenvalue weighted by molar-refractivity contribution is -0.141. The largest absolute Gasteiger partial charge is 0.352 e. The number of nitrogens with one attached hydrogen (secondary N) is 1. The zero-order chi connectivity index (χ0) is 30.4. The van der Waals surface area contributed by atoms with Crippen LogP contribution >= 0.6 is 23.2 Å². The fourth-order valence-corrected chi connectivity index (χ4v) is 6.87. The normalized spacial score (nSPS) is 15.1. The summed E-state index contributed by atoms with van der Waals surface area (Å²) in [5.74, 6) is -1.29. The Morgan fingerprint density at radius 2 is 1.69 bits per heavy atom. The predicted octanol–water partition coefficient (Wildman–Crippen LogP) is 5.47. The molecule has 0 saturated heterocycles. The van der Waals surface area contributed by atoms with Crippen LogP contribution in [0.4, 0.5) is 0 Å². The van der Waals surface area contributed by atoms with Gasteiger partial charge >= 0.3 is 0 Å². The molecule has 2 atom stereocenters. The maximum atomic E-state index is 13.9. The number of carbonyl (C=O) groups excluding carboxylic acids is 3. The second-order valence-electron chi connectivity index (χ2n) is 10.3. The molecule has 1 aliphatic heterocycles. The Labute approximate surface area is 256 Å². The molecule has 1 aliphatic rings. The zero-order valence-corrected chi connectivity index (χ0v) is 25.8. The molecule has 0 bridgehead atoms. The van der Waals surface area contributed by atoms with E-state index in [1.54, 1.807) is 30.3 Å². The summed E-state index contributed by atoms with van der Waals surface area (Å²) in [4.78, 5) is 41.8. The number of benzene rings is 3. The molecule has 0 radical (unpaired) electrons. The van der Waals surface area contributed by atoms with Crippen LogP contribution in [0.3, 0.4) is 0 Å². The van der Waals surface area contributed by atoms with Gasteiger partial charge in [-0.15, -0.1) is 0 Å². The molecule has 3 amide bonds. The second-order valence-corrected chi connectivity index (χ2v) is 12.9. The fourth-order valence-electron chi connectivity index (χ4n) is 4.80. The van der Waals surface area contributed by atoms with Gasteiger partial charge in [0.1, 0.15) is 10.9 Å². The maximum Gasteiger partial charge on any atom is 0.269 e. The SMILES string of the molecule is CC[C@@H](C)NC(=O)[C@@H](Cc1ccccc1)N(Cc1ccc(Cl)cc1Cl)C(=O)CCCN1C(=O)c2ccccc2S1(=O)=O. The summed E-state index contributed by atoms with van der Waals surface area (Å²) in [5.41, 5.74) is 1.59. The van der Waals surface area contributed by atoms with E-state index in [0.717, 1.165) is 9.87 Å². The van der Waals surface area contributed by atoms with Gasteiger partial charge in [-0.3, -0.25) is 14.4 Å². The van der Waals surface area contributed by atoms with E-state index in [4.69, 9.17) is 23.2 Å². The molecule has 1 N–H and O–H groups in total. The molecule has 0 saturated carbocycles. The Morgan fingerprint density at radius 3 is 2.36 bits per heavy atom. The summed E-state index contributed by atoms with van der Waals surface area (Å²) in [5, 5.41) is 3.80. The molecule has 3 aromatic carbocycles. The molecule has 0 fully saturated rings. The lowest BCUT2D eigenvalue weighted by Crippen LogP contribution is -2.52. The van der Waals surface area contributed by atoms with Crippen LogP contribution in [0.5, 0.6) is 0 Å². The second kappa shape index (κ2) is 13.7. The Bertz CT molecular complexity index is 1570. The fraction of sp³-hybridized carbons (Fsp3) is 0.323. The van der Waals surface area contributed by atoms with Crippen LogP contribution in [-0.2, 0) is 32.6 Å². The minimum atomic E-state index is -3.99. The highest BCUT2D eigenvalue weighted by Crippen LogP contribution is 2.30. The molecule has 0 spiro atoms. The van der Waals surface area contributed by atoms with Crippen molar-refractivity contribution in [2.45, 2.75) is 63.1 Å². The summed E-state index contributed by atoms with van der Waals surface area (Å²) in [6.07, 6.45) is 0.951. The number of halogens is 2. The van der Waals surface area contributed by atoms with Crippen molar-refractivity contribution in [1.82, 2.24) is 14.5 Å². The highest BCUT2D eigenvalue weighted by Gasteiger charge is 2.40. The van der Waals surface area contributed by atoms with Crippen molar-refractivity contribution >= 4 is 50.9 Å². The van der Waals surface area contributed by atoms with Gasteiger partial charge in [0.15, 0.2) is 0 Å². The third-order valence-electron chi connectivity index (χ3n) is 7.29. The van der Waals surface area contributed by atoms with E-state index in [0.29, 0.717) is 22.0 Å². The molecule has 8 nitrogen and oxygen atoms in total. The minimum Gasteiger partial charge on any atom is -0.352 e. The van der Waals surface area contributed by atoms with E-state index in [1.807, 2.05) is 44.2 Å². The quantitative estimate of drug-likeness (QED) is 0.286. The molecule has 1 heterocycles. The summed E-state index contributed by atoms with van der Waals surface area (Å²) in [6.45, 7) is 3.72.